The Labute approximate surface area is 115 Å². The second-order valence-electron chi connectivity index (χ2n) is 5.58. The van der Waals surface area contributed by atoms with Crippen molar-refractivity contribution in [2.45, 2.75) is 19.4 Å². The molecule has 5 heteroatoms. The molecular formula is C13H23ClN4. The highest BCUT2D eigenvalue weighted by Gasteiger charge is 2.37. The van der Waals surface area contributed by atoms with E-state index >= 15 is 0 Å². The predicted molar refractivity (Wildman–Crippen MR) is 74.9 cm³/mol. The molecule has 1 aromatic heterocycles. The maximum absolute atomic E-state index is 4.52. The zero-order valence-corrected chi connectivity index (χ0v) is 12.0. The van der Waals surface area contributed by atoms with Gasteiger partial charge in [0, 0.05) is 45.6 Å². The minimum atomic E-state index is 0. The first-order chi connectivity index (χ1) is 8.25. The molecule has 3 atom stereocenters. The Hall–Kier alpha value is -0.580. The van der Waals surface area contributed by atoms with E-state index < -0.39 is 0 Å². The van der Waals surface area contributed by atoms with Crippen molar-refractivity contribution >= 4 is 12.4 Å². The lowest BCUT2D eigenvalue weighted by molar-refractivity contribution is 0.144. The molecule has 0 amide bonds. The minimum absolute atomic E-state index is 0. The molecule has 4 nitrogen and oxygen atoms in total. The average molecular weight is 271 g/mol. The fourth-order valence-electron chi connectivity index (χ4n) is 2.87. The van der Waals surface area contributed by atoms with Gasteiger partial charge in [-0.15, -0.1) is 12.4 Å². The number of aryl methyl sites for hydroxylation is 1. The molecule has 1 N–H and O–H groups in total. The third-order valence-corrected chi connectivity index (χ3v) is 4.26. The number of aromatic nitrogens is 2. The zero-order chi connectivity index (χ0) is 11.8. The number of imidazole rings is 1. The molecule has 102 valence electrons. The van der Waals surface area contributed by atoms with Crippen molar-refractivity contribution in [1.82, 2.24) is 19.8 Å². The average Bonchev–Trinajstić information content (AvgIpc) is 2.85. The quantitative estimate of drug-likeness (QED) is 0.902. The molecule has 2 fully saturated rings. The van der Waals surface area contributed by atoms with Crippen LogP contribution >= 0.6 is 12.4 Å². The van der Waals surface area contributed by atoms with Crippen LogP contribution in [0.25, 0.3) is 0 Å². The van der Waals surface area contributed by atoms with Crippen molar-refractivity contribution in [1.29, 1.82) is 0 Å². The SMILES string of the molecule is CC1CC1CN1CCNCC1c1nccn1C.Cl. The molecular weight excluding hydrogens is 248 g/mol. The Morgan fingerprint density at radius 3 is 2.89 bits per heavy atom. The van der Waals surface area contributed by atoms with Crippen molar-refractivity contribution in [3.63, 3.8) is 0 Å². The van der Waals surface area contributed by atoms with Gasteiger partial charge in [-0.3, -0.25) is 4.90 Å². The summed E-state index contributed by atoms with van der Waals surface area (Å²) in [6.07, 6.45) is 5.36. The summed E-state index contributed by atoms with van der Waals surface area (Å²) in [6.45, 7) is 6.91. The highest BCUT2D eigenvalue weighted by Crippen LogP contribution is 2.39. The summed E-state index contributed by atoms with van der Waals surface area (Å²) in [7, 11) is 2.09. The summed E-state index contributed by atoms with van der Waals surface area (Å²) >= 11 is 0. The standard InChI is InChI=1S/C13H22N4.ClH/c1-10-7-11(10)9-17-6-3-14-8-12(17)13-15-4-5-16(13)2;/h4-5,10-12,14H,3,6-9H2,1-2H3;1H. The number of hydrogen-bond donors (Lipinski definition) is 1. The summed E-state index contributed by atoms with van der Waals surface area (Å²) in [5.41, 5.74) is 0. The van der Waals surface area contributed by atoms with Crippen LogP contribution in [0, 0.1) is 11.8 Å². The second kappa shape index (κ2) is 5.59. The van der Waals surface area contributed by atoms with Crippen molar-refractivity contribution in [3.05, 3.63) is 18.2 Å². The van der Waals surface area contributed by atoms with E-state index in [1.165, 1.54) is 18.8 Å². The number of halogens is 1. The molecule has 1 saturated carbocycles. The third-order valence-electron chi connectivity index (χ3n) is 4.26. The van der Waals surface area contributed by atoms with Crippen molar-refractivity contribution in [3.8, 4) is 0 Å². The van der Waals surface area contributed by atoms with Crippen LogP contribution in [0.5, 0.6) is 0 Å². The molecule has 3 unspecified atom stereocenters. The molecule has 18 heavy (non-hydrogen) atoms. The van der Waals surface area contributed by atoms with Gasteiger partial charge in [0.1, 0.15) is 5.82 Å². The Balaban J connectivity index is 0.00000120. The van der Waals surface area contributed by atoms with Gasteiger partial charge in [0.05, 0.1) is 6.04 Å². The number of rotatable bonds is 3. The van der Waals surface area contributed by atoms with Crippen LogP contribution in [0.2, 0.25) is 0 Å². The van der Waals surface area contributed by atoms with Gasteiger partial charge < -0.3 is 9.88 Å². The van der Waals surface area contributed by atoms with Crippen molar-refractivity contribution in [2.75, 3.05) is 26.2 Å². The van der Waals surface area contributed by atoms with Gasteiger partial charge in [-0.25, -0.2) is 4.98 Å². The molecule has 1 aliphatic heterocycles. The van der Waals surface area contributed by atoms with Crippen LogP contribution in [0.1, 0.15) is 25.2 Å². The van der Waals surface area contributed by atoms with Crippen molar-refractivity contribution in [2.24, 2.45) is 18.9 Å². The van der Waals surface area contributed by atoms with E-state index in [0.717, 1.165) is 31.5 Å². The first-order valence-electron chi connectivity index (χ1n) is 6.67. The van der Waals surface area contributed by atoms with Gasteiger partial charge in [0.2, 0.25) is 0 Å². The zero-order valence-electron chi connectivity index (χ0n) is 11.2. The van der Waals surface area contributed by atoms with E-state index in [1.807, 2.05) is 12.4 Å². The fraction of sp³-hybridized carbons (Fsp3) is 0.769. The van der Waals surface area contributed by atoms with Gasteiger partial charge in [-0.1, -0.05) is 6.92 Å². The molecule has 1 aliphatic carbocycles. The maximum Gasteiger partial charge on any atom is 0.127 e. The molecule has 1 saturated heterocycles. The van der Waals surface area contributed by atoms with Crippen LogP contribution < -0.4 is 5.32 Å². The number of piperazine rings is 1. The van der Waals surface area contributed by atoms with Crippen LogP contribution in [0.15, 0.2) is 12.4 Å². The van der Waals surface area contributed by atoms with Crippen LogP contribution in [-0.4, -0.2) is 40.6 Å². The van der Waals surface area contributed by atoms with E-state index in [9.17, 15) is 0 Å². The molecule has 2 heterocycles. The van der Waals surface area contributed by atoms with Crippen molar-refractivity contribution < 1.29 is 0 Å². The second-order valence-corrected chi connectivity index (χ2v) is 5.58. The normalized spacial score (nSPS) is 32.0. The lowest BCUT2D eigenvalue weighted by Crippen LogP contribution is -2.47. The fourth-order valence-corrected chi connectivity index (χ4v) is 2.87. The first-order valence-corrected chi connectivity index (χ1v) is 6.67. The summed E-state index contributed by atoms with van der Waals surface area (Å²) in [4.78, 5) is 7.14. The smallest absolute Gasteiger partial charge is 0.127 e. The Bertz CT molecular complexity index is 392. The molecule has 1 aromatic rings. The summed E-state index contributed by atoms with van der Waals surface area (Å²) in [6, 6.07) is 0.455. The van der Waals surface area contributed by atoms with E-state index in [4.69, 9.17) is 0 Å². The molecule has 0 aromatic carbocycles. The predicted octanol–water partition coefficient (Wildman–Crippen LogP) is 1.44. The van der Waals surface area contributed by atoms with Crippen LogP contribution in [0.4, 0.5) is 0 Å². The van der Waals surface area contributed by atoms with E-state index in [0.29, 0.717) is 6.04 Å². The Kier molecular flexibility index (Phi) is 4.30. The molecule has 0 spiro atoms. The van der Waals surface area contributed by atoms with Gasteiger partial charge in [0.15, 0.2) is 0 Å². The molecule has 0 bridgehead atoms. The highest BCUT2D eigenvalue weighted by atomic mass is 35.5. The Morgan fingerprint density at radius 2 is 2.28 bits per heavy atom. The molecule has 2 aliphatic rings. The lowest BCUT2D eigenvalue weighted by Gasteiger charge is -2.35. The minimum Gasteiger partial charge on any atom is -0.337 e. The van der Waals surface area contributed by atoms with Gasteiger partial charge in [-0.05, 0) is 18.3 Å². The Morgan fingerprint density at radius 1 is 1.50 bits per heavy atom. The lowest BCUT2D eigenvalue weighted by atomic mass is 10.1. The third kappa shape index (κ3) is 2.71. The first kappa shape index (κ1) is 13.8. The number of nitrogens with one attached hydrogen (secondary N) is 1. The topological polar surface area (TPSA) is 33.1 Å². The molecule has 0 radical (unpaired) electrons. The maximum atomic E-state index is 4.52. The molecule has 3 rings (SSSR count). The number of hydrogen-bond acceptors (Lipinski definition) is 3. The van der Waals surface area contributed by atoms with Crippen LogP contribution in [0.3, 0.4) is 0 Å². The number of nitrogens with zero attached hydrogens (tertiary/aromatic N) is 3. The van der Waals surface area contributed by atoms with Gasteiger partial charge in [0.25, 0.3) is 0 Å². The van der Waals surface area contributed by atoms with E-state index in [-0.39, 0.29) is 12.4 Å². The van der Waals surface area contributed by atoms with E-state index in [2.05, 4.69) is 33.7 Å². The van der Waals surface area contributed by atoms with Crippen LogP contribution in [-0.2, 0) is 7.05 Å². The van der Waals surface area contributed by atoms with E-state index in [1.54, 1.807) is 0 Å². The van der Waals surface area contributed by atoms with Gasteiger partial charge >= 0.3 is 0 Å². The summed E-state index contributed by atoms with van der Waals surface area (Å²) in [5.74, 6) is 3.06. The largest absolute Gasteiger partial charge is 0.337 e. The van der Waals surface area contributed by atoms with Gasteiger partial charge in [-0.2, -0.15) is 0 Å². The summed E-state index contributed by atoms with van der Waals surface area (Å²) < 4.78 is 2.15. The summed E-state index contributed by atoms with van der Waals surface area (Å²) in [5, 5.41) is 3.49. The monoisotopic (exact) mass is 270 g/mol. The highest BCUT2D eigenvalue weighted by molar-refractivity contribution is 5.85.